The first-order valence-electron chi connectivity index (χ1n) is 4.11. The lowest BCUT2D eigenvalue weighted by Gasteiger charge is -2.32. The van der Waals surface area contributed by atoms with E-state index in [9.17, 15) is 4.79 Å². The van der Waals surface area contributed by atoms with Crippen molar-refractivity contribution in [3.05, 3.63) is 0 Å². The number of piperidine rings is 1. The van der Waals surface area contributed by atoms with Crippen LogP contribution in [0.5, 0.6) is 0 Å². The first-order valence-corrected chi connectivity index (χ1v) is 4.11. The van der Waals surface area contributed by atoms with Crippen LogP contribution in [0, 0.1) is 0 Å². The Morgan fingerprint density at radius 3 is 2.55 bits per heavy atom. The summed E-state index contributed by atoms with van der Waals surface area (Å²) in [5.41, 5.74) is 5.79. The minimum atomic E-state index is -0.211. The van der Waals surface area contributed by atoms with Crippen LogP contribution in [-0.2, 0) is 4.79 Å². The monoisotopic (exact) mass is 156 g/mol. The Balaban J connectivity index is 2.43. The maximum absolute atomic E-state index is 10.8. The second-order valence-corrected chi connectivity index (χ2v) is 3.49. The topological polar surface area (TPSA) is 55.1 Å². The number of rotatable bonds is 2. The van der Waals surface area contributed by atoms with Crippen molar-refractivity contribution in [3.8, 4) is 0 Å². The van der Waals surface area contributed by atoms with Crippen LogP contribution in [0.25, 0.3) is 0 Å². The fraction of sp³-hybridized carbons (Fsp3) is 0.875. The quantitative estimate of drug-likeness (QED) is 0.594. The third-order valence-corrected chi connectivity index (χ3v) is 2.20. The molecule has 3 N–H and O–H groups in total. The molecule has 0 spiro atoms. The first kappa shape index (κ1) is 8.68. The standard InChI is InChI=1S/C8H16N2O/c1-7(11)6-8(9)2-4-10-5-3-8/h10H,2-6,9H2,1H3. The highest BCUT2D eigenvalue weighted by molar-refractivity contribution is 5.76. The van der Waals surface area contributed by atoms with Crippen LogP contribution in [0.3, 0.4) is 0 Å². The molecule has 1 rings (SSSR count). The third-order valence-electron chi connectivity index (χ3n) is 2.20. The van der Waals surface area contributed by atoms with Crippen molar-refractivity contribution in [3.63, 3.8) is 0 Å². The molecule has 3 nitrogen and oxygen atoms in total. The predicted molar refractivity (Wildman–Crippen MR) is 44.3 cm³/mol. The summed E-state index contributed by atoms with van der Waals surface area (Å²) >= 11 is 0. The molecule has 64 valence electrons. The maximum Gasteiger partial charge on any atom is 0.131 e. The highest BCUT2D eigenvalue weighted by atomic mass is 16.1. The zero-order chi connectivity index (χ0) is 8.32. The van der Waals surface area contributed by atoms with Crippen molar-refractivity contribution >= 4 is 5.78 Å². The molecule has 1 aliphatic heterocycles. The molecule has 3 heteroatoms. The predicted octanol–water partition coefficient (Wildman–Crippen LogP) is 0.0464. The smallest absolute Gasteiger partial charge is 0.131 e. The van der Waals surface area contributed by atoms with Gasteiger partial charge in [0.05, 0.1) is 0 Å². The summed E-state index contributed by atoms with van der Waals surface area (Å²) < 4.78 is 0. The van der Waals surface area contributed by atoms with Crippen molar-refractivity contribution < 1.29 is 4.79 Å². The average Bonchev–Trinajstić information content (AvgIpc) is 1.85. The molecule has 11 heavy (non-hydrogen) atoms. The molecule has 0 bridgehead atoms. The summed E-state index contributed by atoms with van der Waals surface area (Å²) in [5.74, 6) is 0.203. The van der Waals surface area contributed by atoms with Gasteiger partial charge in [0.25, 0.3) is 0 Å². The number of nitrogens with one attached hydrogen (secondary N) is 1. The molecule has 0 aromatic rings. The molecule has 0 radical (unpaired) electrons. The molecule has 0 unspecified atom stereocenters. The third kappa shape index (κ3) is 2.60. The average molecular weight is 156 g/mol. The van der Waals surface area contributed by atoms with Gasteiger partial charge in [-0.3, -0.25) is 4.79 Å². The summed E-state index contributed by atoms with van der Waals surface area (Å²) in [5, 5.41) is 3.22. The van der Waals surface area contributed by atoms with Gasteiger partial charge in [-0.1, -0.05) is 0 Å². The normalized spacial score (nSPS) is 23.1. The van der Waals surface area contributed by atoms with Gasteiger partial charge in [0.1, 0.15) is 5.78 Å². The number of ketones is 1. The van der Waals surface area contributed by atoms with Gasteiger partial charge in [-0.2, -0.15) is 0 Å². The highest BCUT2D eigenvalue weighted by Crippen LogP contribution is 2.18. The summed E-state index contributed by atoms with van der Waals surface area (Å²) in [7, 11) is 0. The van der Waals surface area contributed by atoms with E-state index in [1.54, 1.807) is 6.92 Å². The van der Waals surface area contributed by atoms with E-state index in [1.165, 1.54) is 0 Å². The van der Waals surface area contributed by atoms with Gasteiger partial charge < -0.3 is 11.1 Å². The van der Waals surface area contributed by atoms with E-state index in [0.29, 0.717) is 6.42 Å². The molecule has 1 fully saturated rings. The van der Waals surface area contributed by atoms with Crippen LogP contribution in [0.2, 0.25) is 0 Å². The Morgan fingerprint density at radius 2 is 2.09 bits per heavy atom. The zero-order valence-corrected chi connectivity index (χ0v) is 7.02. The SMILES string of the molecule is CC(=O)CC1(N)CCNCC1. The summed E-state index contributed by atoms with van der Waals surface area (Å²) in [6.07, 6.45) is 2.38. The summed E-state index contributed by atoms with van der Waals surface area (Å²) in [6.45, 7) is 3.50. The van der Waals surface area contributed by atoms with Crippen LogP contribution >= 0.6 is 0 Å². The highest BCUT2D eigenvalue weighted by Gasteiger charge is 2.28. The van der Waals surface area contributed by atoms with Crippen molar-refractivity contribution in [2.45, 2.75) is 31.7 Å². The number of hydrogen-bond donors (Lipinski definition) is 2. The number of carbonyl (C=O) groups is 1. The number of carbonyl (C=O) groups excluding carboxylic acids is 1. The van der Waals surface area contributed by atoms with E-state index in [2.05, 4.69) is 5.32 Å². The fourth-order valence-electron chi connectivity index (χ4n) is 1.60. The van der Waals surface area contributed by atoms with E-state index in [1.807, 2.05) is 0 Å². The first-order chi connectivity index (χ1) is 5.12. The molecule has 0 aromatic carbocycles. The number of hydrogen-bond acceptors (Lipinski definition) is 3. The Bertz CT molecular complexity index is 150. The second kappa shape index (κ2) is 3.32. The van der Waals surface area contributed by atoms with Crippen molar-refractivity contribution in [1.82, 2.24) is 5.32 Å². The summed E-state index contributed by atoms with van der Waals surface area (Å²) in [6, 6.07) is 0. The fourth-order valence-corrected chi connectivity index (χ4v) is 1.60. The zero-order valence-electron chi connectivity index (χ0n) is 7.02. The summed E-state index contributed by atoms with van der Waals surface area (Å²) in [4.78, 5) is 10.8. The molecule has 1 heterocycles. The Labute approximate surface area is 67.3 Å². The number of Topliss-reactive ketones (excluding diaryl/α,β-unsaturated/α-hetero) is 1. The van der Waals surface area contributed by atoms with Gasteiger partial charge in [-0.25, -0.2) is 0 Å². The lowest BCUT2D eigenvalue weighted by atomic mass is 9.85. The molecule has 0 saturated carbocycles. The van der Waals surface area contributed by atoms with E-state index in [0.717, 1.165) is 25.9 Å². The number of nitrogens with two attached hydrogens (primary N) is 1. The van der Waals surface area contributed by atoms with E-state index < -0.39 is 0 Å². The van der Waals surface area contributed by atoms with E-state index in [4.69, 9.17) is 5.73 Å². The second-order valence-electron chi connectivity index (χ2n) is 3.49. The van der Waals surface area contributed by atoms with Crippen LogP contribution in [-0.4, -0.2) is 24.4 Å². The molecular formula is C8H16N2O. The maximum atomic E-state index is 10.8. The van der Waals surface area contributed by atoms with Gasteiger partial charge in [-0.05, 0) is 32.9 Å². The molecule has 1 saturated heterocycles. The van der Waals surface area contributed by atoms with Gasteiger partial charge in [0.15, 0.2) is 0 Å². The Morgan fingerprint density at radius 1 is 1.55 bits per heavy atom. The van der Waals surface area contributed by atoms with Gasteiger partial charge in [-0.15, -0.1) is 0 Å². The lowest BCUT2D eigenvalue weighted by molar-refractivity contribution is -0.118. The van der Waals surface area contributed by atoms with Crippen molar-refractivity contribution in [1.29, 1.82) is 0 Å². The Hall–Kier alpha value is -0.410. The largest absolute Gasteiger partial charge is 0.325 e. The van der Waals surface area contributed by atoms with Gasteiger partial charge in [0.2, 0.25) is 0 Å². The van der Waals surface area contributed by atoms with Crippen molar-refractivity contribution in [2.24, 2.45) is 5.73 Å². The van der Waals surface area contributed by atoms with Gasteiger partial charge in [0, 0.05) is 12.0 Å². The molecule has 0 atom stereocenters. The minimum Gasteiger partial charge on any atom is -0.325 e. The van der Waals surface area contributed by atoms with Crippen molar-refractivity contribution in [2.75, 3.05) is 13.1 Å². The Kier molecular flexibility index (Phi) is 2.62. The van der Waals surface area contributed by atoms with Crippen LogP contribution in [0.4, 0.5) is 0 Å². The molecule has 0 amide bonds. The van der Waals surface area contributed by atoms with Crippen LogP contribution in [0.15, 0.2) is 0 Å². The molecule has 0 aromatic heterocycles. The van der Waals surface area contributed by atoms with E-state index >= 15 is 0 Å². The van der Waals surface area contributed by atoms with Crippen LogP contribution in [0.1, 0.15) is 26.2 Å². The molecule has 0 aliphatic carbocycles. The lowest BCUT2D eigenvalue weighted by Crippen LogP contribution is -2.49. The molecular weight excluding hydrogens is 140 g/mol. The molecule has 1 aliphatic rings. The van der Waals surface area contributed by atoms with E-state index in [-0.39, 0.29) is 11.3 Å². The van der Waals surface area contributed by atoms with Crippen LogP contribution < -0.4 is 11.1 Å². The minimum absolute atomic E-state index is 0.203. The van der Waals surface area contributed by atoms with Gasteiger partial charge >= 0.3 is 0 Å².